The van der Waals surface area contributed by atoms with Gasteiger partial charge in [0.15, 0.2) is 5.78 Å². The van der Waals surface area contributed by atoms with E-state index in [1.165, 1.54) is 7.11 Å². The quantitative estimate of drug-likeness (QED) is 0.0755. The molecule has 0 aliphatic heterocycles. The van der Waals surface area contributed by atoms with E-state index in [1.54, 1.807) is 30.3 Å². The molecule has 0 radical (unpaired) electrons. The lowest BCUT2D eigenvalue weighted by Crippen LogP contribution is -2.36. The molecule has 0 heterocycles. The van der Waals surface area contributed by atoms with Crippen LogP contribution in [-0.4, -0.2) is 48.9 Å². The molecule has 7 nitrogen and oxygen atoms in total. The Hall–Kier alpha value is -4.91. The summed E-state index contributed by atoms with van der Waals surface area (Å²) in [5.41, 5.74) is 3.64. The fraction of sp³-hybridized carbons (Fsp3) is 0.308. The molecule has 0 bridgehead atoms. The van der Waals surface area contributed by atoms with Crippen molar-refractivity contribution in [1.29, 1.82) is 0 Å². The van der Waals surface area contributed by atoms with Gasteiger partial charge in [-0.05, 0) is 54.7 Å². The molecule has 0 saturated heterocycles. The van der Waals surface area contributed by atoms with Crippen LogP contribution in [0.15, 0.2) is 109 Å². The molecule has 0 saturated carbocycles. The Kier molecular flexibility index (Phi) is 13.0. The molecule has 0 aromatic heterocycles. The Labute approximate surface area is 272 Å². The number of benzene rings is 4. The van der Waals surface area contributed by atoms with E-state index in [0.29, 0.717) is 55.1 Å². The molecule has 240 valence electrons. The third-order valence-corrected chi connectivity index (χ3v) is 8.09. The Bertz CT molecular complexity index is 1540. The highest BCUT2D eigenvalue weighted by Crippen LogP contribution is 2.22. The fourth-order valence-corrected chi connectivity index (χ4v) is 5.45. The van der Waals surface area contributed by atoms with Crippen LogP contribution in [0.3, 0.4) is 0 Å². The van der Waals surface area contributed by atoms with Crippen molar-refractivity contribution in [2.45, 2.75) is 52.1 Å². The van der Waals surface area contributed by atoms with Gasteiger partial charge in [-0.3, -0.25) is 9.59 Å². The van der Waals surface area contributed by atoms with Gasteiger partial charge in [0.1, 0.15) is 11.8 Å². The molecule has 0 spiro atoms. The zero-order chi connectivity index (χ0) is 32.7. The molecule has 0 fully saturated rings. The van der Waals surface area contributed by atoms with E-state index in [0.717, 1.165) is 24.0 Å². The van der Waals surface area contributed by atoms with Crippen LogP contribution in [0.5, 0.6) is 5.75 Å². The monoisotopic (exact) mass is 620 g/mol. The number of carbonyl (C=O) groups is 3. The molecule has 0 aliphatic rings. The second-order valence-corrected chi connectivity index (χ2v) is 11.3. The highest BCUT2D eigenvalue weighted by Gasteiger charge is 2.23. The number of para-hydroxylation sites is 1. The number of amides is 1. The Balaban J connectivity index is 1.35. The number of nitrogens with one attached hydrogen (secondary N) is 1. The number of ether oxygens (including phenoxy) is 2. The van der Waals surface area contributed by atoms with Crippen molar-refractivity contribution < 1.29 is 23.9 Å². The molecule has 0 aliphatic carbocycles. The molecule has 1 amide bonds. The van der Waals surface area contributed by atoms with E-state index in [1.807, 2.05) is 71.6 Å². The van der Waals surface area contributed by atoms with Crippen molar-refractivity contribution in [1.82, 2.24) is 4.90 Å². The first kappa shape index (κ1) is 34.0. The highest BCUT2D eigenvalue weighted by atomic mass is 16.5. The first-order valence-electron chi connectivity index (χ1n) is 16.0. The van der Waals surface area contributed by atoms with Gasteiger partial charge in [0.05, 0.1) is 13.7 Å². The van der Waals surface area contributed by atoms with Crippen LogP contribution in [0.4, 0.5) is 5.69 Å². The summed E-state index contributed by atoms with van der Waals surface area (Å²) in [5, 5.41) is 3.25. The zero-order valence-electron chi connectivity index (χ0n) is 27.0. The van der Waals surface area contributed by atoms with Crippen LogP contribution >= 0.6 is 0 Å². The number of rotatable bonds is 17. The number of hydrogen-bond acceptors (Lipinski definition) is 6. The van der Waals surface area contributed by atoms with Crippen LogP contribution < -0.4 is 10.1 Å². The van der Waals surface area contributed by atoms with Crippen molar-refractivity contribution in [2.24, 2.45) is 5.92 Å². The summed E-state index contributed by atoms with van der Waals surface area (Å²) in [7, 11) is 1.36. The van der Waals surface area contributed by atoms with Gasteiger partial charge in [0.2, 0.25) is 5.91 Å². The highest BCUT2D eigenvalue weighted by molar-refractivity contribution is 6.12. The van der Waals surface area contributed by atoms with Crippen molar-refractivity contribution >= 4 is 23.3 Å². The number of esters is 1. The van der Waals surface area contributed by atoms with E-state index in [4.69, 9.17) is 9.47 Å². The van der Waals surface area contributed by atoms with Crippen LogP contribution in [0, 0.1) is 5.92 Å². The smallest absolute Gasteiger partial charge is 0.328 e. The third kappa shape index (κ3) is 9.54. The lowest BCUT2D eigenvalue weighted by atomic mass is 10.00. The number of nitrogens with zero attached hydrogens (tertiary/aromatic N) is 1. The Morgan fingerprint density at radius 1 is 0.761 bits per heavy atom. The minimum atomic E-state index is -0.704. The first-order chi connectivity index (χ1) is 22.4. The number of carbonyl (C=O) groups excluding carboxylic acids is 3. The summed E-state index contributed by atoms with van der Waals surface area (Å²) in [6.07, 6.45) is 2.71. The summed E-state index contributed by atoms with van der Waals surface area (Å²) in [4.78, 5) is 41.2. The van der Waals surface area contributed by atoms with Crippen molar-refractivity contribution in [3.05, 3.63) is 131 Å². The third-order valence-electron chi connectivity index (χ3n) is 8.09. The van der Waals surface area contributed by atoms with Gasteiger partial charge in [0.25, 0.3) is 0 Å². The maximum atomic E-state index is 13.2. The molecule has 1 atom stereocenters. The van der Waals surface area contributed by atoms with Gasteiger partial charge >= 0.3 is 5.97 Å². The average molecular weight is 621 g/mol. The standard InChI is InChI=1S/C39H44N2O5/c1-4-31(5-2)38(43)41(28-30-15-8-6-9-16-30)25-14-26-46-33-23-21-29(22-24-33)27-36(39(44)45-3)40-35-20-13-12-19-34(35)37(42)32-17-10-7-11-18-32/h6-13,15-24,31,36,40H,4-5,14,25-28H2,1-3H3. The van der Waals surface area contributed by atoms with E-state index in [-0.39, 0.29) is 17.6 Å². The van der Waals surface area contributed by atoms with Crippen molar-refractivity contribution in [2.75, 3.05) is 25.6 Å². The van der Waals surface area contributed by atoms with Gasteiger partial charge in [0, 0.05) is 42.2 Å². The predicted molar refractivity (Wildman–Crippen MR) is 182 cm³/mol. The summed E-state index contributed by atoms with van der Waals surface area (Å²) in [6, 6.07) is 33.2. The molecule has 1 unspecified atom stereocenters. The Morgan fingerprint density at radius 2 is 1.39 bits per heavy atom. The van der Waals surface area contributed by atoms with Crippen molar-refractivity contribution in [3.63, 3.8) is 0 Å². The second-order valence-electron chi connectivity index (χ2n) is 11.3. The maximum absolute atomic E-state index is 13.2. The molecule has 4 rings (SSSR count). The number of ketones is 1. The molecule has 7 heteroatoms. The van der Waals surface area contributed by atoms with Gasteiger partial charge in [-0.25, -0.2) is 4.79 Å². The fourth-order valence-electron chi connectivity index (χ4n) is 5.45. The largest absolute Gasteiger partial charge is 0.494 e. The molecule has 4 aromatic rings. The van der Waals surface area contributed by atoms with E-state index < -0.39 is 12.0 Å². The lowest BCUT2D eigenvalue weighted by Gasteiger charge is -2.27. The lowest BCUT2D eigenvalue weighted by molar-refractivity contribution is -0.141. The summed E-state index contributed by atoms with van der Waals surface area (Å²) in [5.74, 6) is 0.380. The number of anilines is 1. The average Bonchev–Trinajstić information content (AvgIpc) is 3.10. The Morgan fingerprint density at radius 3 is 2.04 bits per heavy atom. The van der Waals surface area contributed by atoms with Crippen LogP contribution in [0.2, 0.25) is 0 Å². The summed E-state index contributed by atoms with van der Waals surface area (Å²) >= 11 is 0. The topological polar surface area (TPSA) is 84.9 Å². The molecular weight excluding hydrogens is 576 g/mol. The van der Waals surface area contributed by atoms with Crippen LogP contribution in [0.25, 0.3) is 0 Å². The number of hydrogen-bond donors (Lipinski definition) is 1. The van der Waals surface area contributed by atoms with Crippen LogP contribution in [-0.2, 0) is 27.3 Å². The first-order valence-corrected chi connectivity index (χ1v) is 16.0. The normalized spacial score (nSPS) is 11.5. The van der Waals surface area contributed by atoms with Crippen molar-refractivity contribution in [3.8, 4) is 5.75 Å². The maximum Gasteiger partial charge on any atom is 0.328 e. The second kappa shape index (κ2) is 17.5. The van der Waals surface area contributed by atoms with Gasteiger partial charge < -0.3 is 19.7 Å². The van der Waals surface area contributed by atoms with Gasteiger partial charge in [-0.1, -0.05) is 98.8 Å². The van der Waals surface area contributed by atoms with E-state index >= 15 is 0 Å². The minimum absolute atomic E-state index is 0.0262. The molecule has 4 aromatic carbocycles. The van der Waals surface area contributed by atoms with Gasteiger partial charge in [-0.15, -0.1) is 0 Å². The zero-order valence-corrected chi connectivity index (χ0v) is 27.0. The summed E-state index contributed by atoms with van der Waals surface area (Å²) in [6.45, 7) is 5.80. The van der Waals surface area contributed by atoms with Gasteiger partial charge in [-0.2, -0.15) is 0 Å². The SMILES string of the molecule is CCC(CC)C(=O)N(CCCOc1ccc(CC(Nc2ccccc2C(=O)c2ccccc2)C(=O)OC)cc1)Cc1ccccc1. The molecule has 1 N–H and O–H groups in total. The molecule has 46 heavy (non-hydrogen) atoms. The minimum Gasteiger partial charge on any atom is -0.494 e. The molecular formula is C39H44N2O5. The van der Waals surface area contributed by atoms with E-state index in [9.17, 15) is 14.4 Å². The summed E-state index contributed by atoms with van der Waals surface area (Å²) < 4.78 is 11.1. The van der Waals surface area contributed by atoms with Crippen LogP contribution in [0.1, 0.15) is 60.2 Å². The number of methoxy groups -OCH3 is 1. The predicted octanol–water partition coefficient (Wildman–Crippen LogP) is 7.35. The van der Waals surface area contributed by atoms with E-state index in [2.05, 4.69) is 31.3 Å².